The number of aldehydes is 1. The first kappa shape index (κ1) is 17.8. The van der Waals surface area contributed by atoms with Crippen LogP contribution in [0.25, 0.3) is 6.08 Å². The van der Waals surface area contributed by atoms with Crippen molar-refractivity contribution in [3.05, 3.63) is 76.3 Å². The largest absolute Gasteiger partial charge is 0.445 e. The molecule has 0 heterocycles. The van der Waals surface area contributed by atoms with Crippen LogP contribution in [-0.2, 0) is 11.3 Å². The normalized spacial score (nSPS) is 10.5. The number of ether oxygens (including phenoxy) is 1. The molecule has 0 aromatic heterocycles. The number of nitrogens with one attached hydrogen (secondary N) is 1. The first-order valence-electron chi connectivity index (χ1n) is 7.55. The number of carbonyl (C=O) groups excluding carboxylic acids is 2. The van der Waals surface area contributed by atoms with Gasteiger partial charge in [-0.05, 0) is 29.7 Å². The Kier molecular flexibility index (Phi) is 7.05. The van der Waals surface area contributed by atoms with Crippen LogP contribution in [0.5, 0.6) is 0 Å². The first-order valence-corrected chi connectivity index (χ1v) is 7.92. The van der Waals surface area contributed by atoms with Crippen LogP contribution in [0.15, 0.2) is 54.6 Å². The Balaban J connectivity index is 1.68. The third-order valence-corrected chi connectivity index (χ3v) is 3.59. The summed E-state index contributed by atoms with van der Waals surface area (Å²) in [4.78, 5) is 22.4. The van der Waals surface area contributed by atoms with Crippen LogP contribution in [0.3, 0.4) is 0 Å². The van der Waals surface area contributed by atoms with Crippen molar-refractivity contribution in [3.63, 3.8) is 0 Å². The average molecular weight is 344 g/mol. The lowest BCUT2D eigenvalue weighted by molar-refractivity contribution is 0.112. The molecule has 24 heavy (non-hydrogen) atoms. The van der Waals surface area contributed by atoms with Crippen molar-refractivity contribution in [1.29, 1.82) is 0 Å². The molecular weight excluding hydrogens is 326 g/mol. The highest BCUT2D eigenvalue weighted by molar-refractivity contribution is 6.33. The molecule has 2 rings (SSSR count). The molecule has 1 amide bonds. The molecule has 0 saturated carbocycles. The van der Waals surface area contributed by atoms with Gasteiger partial charge in [-0.1, -0.05) is 60.2 Å². The van der Waals surface area contributed by atoms with Crippen LogP contribution >= 0.6 is 11.6 Å². The van der Waals surface area contributed by atoms with Gasteiger partial charge in [0.1, 0.15) is 6.61 Å². The second-order valence-electron chi connectivity index (χ2n) is 5.08. The van der Waals surface area contributed by atoms with Crippen molar-refractivity contribution in [2.45, 2.75) is 13.0 Å². The molecule has 0 bridgehead atoms. The van der Waals surface area contributed by atoms with Crippen LogP contribution in [0.4, 0.5) is 4.79 Å². The van der Waals surface area contributed by atoms with Gasteiger partial charge in [0.15, 0.2) is 6.29 Å². The van der Waals surface area contributed by atoms with Gasteiger partial charge in [0.05, 0.1) is 5.02 Å². The Morgan fingerprint density at radius 2 is 1.96 bits per heavy atom. The minimum Gasteiger partial charge on any atom is -0.445 e. The number of hydrogen-bond acceptors (Lipinski definition) is 3. The molecule has 0 unspecified atom stereocenters. The fourth-order valence-electron chi connectivity index (χ4n) is 2.01. The summed E-state index contributed by atoms with van der Waals surface area (Å²) in [6, 6.07) is 14.7. The smallest absolute Gasteiger partial charge is 0.407 e. The number of benzene rings is 2. The summed E-state index contributed by atoms with van der Waals surface area (Å²) in [6.07, 6.45) is 4.72. The van der Waals surface area contributed by atoms with E-state index in [1.165, 1.54) is 0 Å². The molecule has 4 nitrogen and oxygen atoms in total. The highest BCUT2D eigenvalue weighted by Gasteiger charge is 2.01. The molecule has 0 saturated heterocycles. The lowest BCUT2D eigenvalue weighted by atomic mass is 10.1. The molecule has 5 heteroatoms. The zero-order valence-corrected chi connectivity index (χ0v) is 13.8. The molecule has 0 spiro atoms. The molecule has 2 aromatic carbocycles. The summed E-state index contributed by atoms with van der Waals surface area (Å²) in [5.74, 6) is 0. The van der Waals surface area contributed by atoms with E-state index >= 15 is 0 Å². The molecule has 0 fully saturated rings. The van der Waals surface area contributed by atoms with E-state index in [1.54, 1.807) is 12.1 Å². The Hall–Kier alpha value is -2.59. The standard InChI is InChI=1S/C19H18ClNO3/c20-18-10-9-15(12-17(18)13-22)6-4-5-11-21-19(23)24-14-16-7-2-1-3-8-16/h1-4,6-10,12-13H,5,11,14H2,(H,21,23). The zero-order valence-electron chi connectivity index (χ0n) is 13.1. The van der Waals surface area contributed by atoms with Crippen molar-refractivity contribution < 1.29 is 14.3 Å². The van der Waals surface area contributed by atoms with E-state index in [0.29, 0.717) is 23.6 Å². The zero-order chi connectivity index (χ0) is 17.2. The van der Waals surface area contributed by atoms with E-state index in [9.17, 15) is 9.59 Å². The van der Waals surface area contributed by atoms with E-state index in [1.807, 2.05) is 48.6 Å². The highest BCUT2D eigenvalue weighted by Crippen LogP contribution is 2.16. The average Bonchev–Trinajstić information content (AvgIpc) is 2.62. The maximum absolute atomic E-state index is 11.6. The summed E-state index contributed by atoms with van der Waals surface area (Å²) in [6.45, 7) is 0.722. The number of carbonyl (C=O) groups is 2. The van der Waals surface area contributed by atoms with Gasteiger partial charge in [-0.15, -0.1) is 0 Å². The second kappa shape index (κ2) is 9.53. The van der Waals surface area contributed by atoms with Crippen molar-refractivity contribution in [2.24, 2.45) is 0 Å². The van der Waals surface area contributed by atoms with Crippen LogP contribution in [0.1, 0.15) is 27.9 Å². The SMILES string of the molecule is O=Cc1cc(C=CCCNC(=O)OCc2ccccc2)ccc1Cl. The van der Waals surface area contributed by atoms with E-state index in [2.05, 4.69) is 5.32 Å². The molecule has 0 radical (unpaired) electrons. The molecule has 124 valence electrons. The van der Waals surface area contributed by atoms with Gasteiger partial charge in [-0.25, -0.2) is 4.79 Å². The number of alkyl carbamates (subject to hydrolysis) is 1. The summed E-state index contributed by atoms with van der Waals surface area (Å²) in [7, 11) is 0. The van der Waals surface area contributed by atoms with Gasteiger partial charge in [0.2, 0.25) is 0 Å². The molecular formula is C19H18ClNO3. The number of hydrogen-bond donors (Lipinski definition) is 1. The maximum Gasteiger partial charge on any atom is 0.407 e. The van der Waals surface area contributed by atoms with Crippen LogP contribution in [0.2, 0.25) is 5.02 Å². The van der Waals surface area contributed by atoms with Crippen LogP contribution in [0, 0.1) is 0 Å². The van der Waals surface area contributed by atoms with E-state index in [4.69, 9.17) is 16.3 Å². The predicted molar refractivity (Wildman–Crippen MR) is 95.1 cm³/mol. The van der Waals surface area contributed by atoms with Gasteiger partial charge in [0, 0.05) is 12.1 Å². The molecule has 2 aromatic rings. The molecule has 1 N–H and O–H groups in total. The lowest BCUT2D eigenvalue weighted by Crippen LogP contribution is -2.24. The van der Waals surface area contributed by atoms with Gasteiger partial charge in [0.25, 0.3) is 0 Å². The van der Waals surface area contributed by atoms with E-state index in [0.717, 1.165) is 17.4 Å². The lowest BCUT2D eigenvalue weighted by Gasteiger charge is -2.05. The maximum atomic E-state index is 11.6. The predicted octanol–water partition coefficient (Wildman–Crippen LogP) is 4.48. The molecule has 0 aliphatic rings. The Labute approximate surface area is 146 Å². The van der Waals surface area contributed by atoms with Gasteiger partial charge < -0.3 is 10.1 Å². The minimum atomic E-state index is -0.443. The fraction of sp³-hybridized carbons (Fsp3) is 0.158. The van der Waals surface area contributed by atoms with Crippen LogP contribution < -0.4 is 5.32 Å². The quantitative estimate of drug-likeness (QED) is 0.595. The number of halogens is 1. The monoisotopic (exact) mass is 343 g/mol. The number of amides is 1. The second-order valence-corrected chi connectivity index (χ2v) is 5.49. The summed E-state index contributed by atoms with van der Waals surface area (Å²) < 4.78 is 5.11. The van der Waals surface area contributed by atoms with Crippen molar-refractivity contribution in [1.82, 2.24) is 5.32 Å². The highest BCUT2D eigenvalue weighted by atomic mass is 35.5. The Morgan fingerprint density at radius 3 is 2.71 bits per heavy atom. The van der Waals surface area contributed by atoms with Crippen LogP contribution in [-0.4, -0.2) is 18.9 Å². The van der Waals surface area contributed by atoms with Gasteiger partial charge >= 0.3 is 6.09 Å². The van der Waals surface area contributed by atoms with E-state index < -0.39 is 6.09 Å². The molecule has 0 aliphatic heterocycles. The third-order valence-electron chi connectivity index (χ3n) is 3.25. The van der Waals surface area contributed by atoms with Gasteiger partial charge in [-0.2, -0.15) is 0 Å². The van der Waals surface area contributed by atoms with Gasteiger partial charge in [-0.3, -0.25) is 4.79 Å². The fourth-order valence-corrected chi connectivity index (χ4v) is 2.17. The summed E-state index contributed by atoms with van der Waals surface area (Å²) in [5.41, 5.74) is 2.29. The summed E-state index contributed by atoms with van der Waals surface area (Å²) in [5, 5.41) is 3.12. The first-order chi connectivity index (χ1) is 11.7. The minimum absolute atomic E-state index is 0.252. The number of rotatable bonds is 7. The Bertz CT molecular complexity index is 714. The molecule has 0 atom stereocenters. The van der Waals surface area contributed by atoms with E-state index in [-0.39, 0.29) is 6.61 Å². The van der Waals surface area contributed by atoms with Crippen molar-refractivity contribution in [3.8, 4) is 0 Å². The summed E-state index contributed by atoms with van der Waals surface area (Å²) >= 11 is 5.87. The van der Waals surface area contributed by atoms with Crippen molar-refractivity contribution in [2.75, 3.05) is 6.54 Å². The molecule has 0 aliphatic carbocycles. The topological polar surface area (TPSA) is 55.4 Å². The Morgan fingerprint density at radius 1 is 1.17 bits per heavy atom. The third kappa shape index (κ3) is 5.89. The van der Waals surface area contributed by atoms with Crippen molar-refractivity contribution >= 4 is 30.1 Å².